The fourth-order valence-electron chi connectivity index (χ4n) is 2.14. The lowest BCUT2D eigenvalue weighted by atomic mass is 9.85. The van der Waals surface area contributed by atoms with Gasteiger partial charge in [-0.25, -0.2) is 9.97 Å². The molecule has 2 aromatic heterocycles. The van der Waals surface area contributed by atoms with Gasteiger partial charge in [-0.3, -0.25) is 0 Å². The van der Waals surface area contributed by atoms with E-state index >= 15 is 0 Å². The van der Waals surface area contributed by atoms with E-state index in [2.05, 4.69) is 9.97 Å². The van der Waals surface area contributed by atoms with E-state index < -0.39 is 18.3 Å². The smallest absolute Gasteiger partial charge is 0.478 e. The van der Waals surface area contributed by atoms with Gasteiger partial charge in [0.05, 0.1) is 23.9 Å². The summed E-state index contributed by atoms with van der Waals surface area (Å²) in [6, 6.07) is 0. The van der Waals surface area contributed by atoms with Gasteiger partial charge in [-0.05, 0) is 27.7 Å². The summed E-state index contributed by atoms with van der Waals surface area (Å²) in [6.07, 6.45) is 5.40. The van der Waals surface area contributed by atoms with Crippen LogP contribution in [0.3, 0.4) is 0 Å². The molecule has 0 amide bonds. The highest BCUT2D eigenvalue weighted by Crippen LogP contribution is 2.36. The first-order valence-corrected chi connectivity index (χ1v) is 6.57. The molecule has 3 rings (SSSR count). The fraction of sp³-hybridized carbons (Fsp3) is 0.538. The van der Waals surface area contributed by atoms with Gasteiger partial charge in [-0.1, -0.05) is 0 Å². The molecule has 0 atom stereocenters. The number of hydrogen-bond donors (Lipinski definition) is 0. The van der Waals surface area contributed by atoms with E-state index in [9.17, 15) is 0 Å². The molecule has 0 unspecified atom stereocenters. The average Bonchev–Trinajstić information content (AvgIpc) is 2.91. The molecule has 0 spiro atoms. The molecule has 0 N–H and O–H groups in total. The number of methoxy groups -OCH3 is 1. The van der Waals surface area contributed by atoms with Crippen LogP contribution in [0.5, 0.6) is 5.88 Å². The number of ether oxygens (including phenoxy) is 1. The predicted octanol–water partition coefficient (Wildman–Crippen LogP) is 1.04. The zero-order chi connectivity index (χ0) is 14.5. The van der Waals surface area contributed by atoms with Crippen LogP contribution in [0.15, 0.2) is 18.6 Å². The van der Waals surface area contributed by atoms with E-state index in [1.807, 2.05) is 44.5 Å². The maximum atomic E-state index is 6.00. The zero-order valence-corrected chi connectivity index (χ0v) is 12.4. The van der Waals surface area contributed by atoms with E-state index in [0.717, 1.165) is 0 Å². The maximum absolute atomic E-state index is 6.00. The first kappa shape index (κ1) is 13.4. The molecule has 1 aliphatic heterocycles. The number of rotatable bonds is 2. The van der Waals surface area contributed by atoms with Crippen LogP contribution in [0.4, 0.5) is 0 Å². The molecule has 0 bridgehead atoms. The minimum Gasteiger partial charge on any atom is -0.478 e. The Morgan fingerprint density at radius 2 is 1.85 bits per heavy atom. The second-order valence-electron chi connectivity index (χ2n) is 5.92. The SMILES string of the molecule is COc1nc(B2OC(C)(C)C(C)(C)O2)cn2ccnc12. The van der Waals surface area contributed by atoms with E-state index in [1.165, 1.54) is 0 Å². The van der Waals surface area contributed by atoms with Crippen LogP contribution in [0, 0.1) is 0 Å². The third kappa shape index (κ3) is 1.89. The summed E-state index contributed by atoms with van der Waals surface area (Å²) in [4.78, 5) is 8.66. The Morgan fingerprint density at radius 3 is 2.45 bits per heavy atom. The molecule has 0 radical (unpaired) electrons. The van der Waals surface area contributed by atoms with Crippen molar-refractivity contribution in [3.8, 4) is 5.88 Å². The molecule has 0 aliphatic carbocycles. The number of imidazole rings is 1. The fourth-order valence-corrected chi connectivity index (χ4v) is 2.14. The standard InChI is InChI=1S/C13H18BN3O3/c1-12(2)13(3,4)20-14(19-12)9-8-17-7-6-15-10(17)11(16-9)18-5/h6-8H,1-5H3. The highest BCUT2D eigenvalue weighted by atomic mass is 16.7. The summed E-state index contributed by atoms with van der Waals surface area (Å²) >= 11 is 0. The highest BCUT2D eigenvalue weighted by molar-refractivity contribution is 6.61. The molecule has 2 aromatic rings. The van der Waals surface area contributed by atoms with Gasteiger partial charge >= 0.3 is 7.12 Å². The van der Waals surface area contributed by atoms with Crippen LogP contribution >= 0.6 is 0 Å². The second kappa shape index (κ2) is 4.20. The van der Waals surface area contributed by atoms with Gasteiger partial charge in [-0.2, -0.15) is 0 Å². The molecule has 1 saturated heterocycles. The summed E-state index contributed by atoms with van der Waals surface area (Å²) in [5.41, 5.74) is 0.561. The first-order valence-electron chi connectivity index (χ1n) is 6.57. The van der Waals surface area contributed by atoms with Gasteiger partial charge in [0.15, 0.2) is 5.65 Å². The molecule has 20 heavy (non-hydrogen) atoms. The van der Waals surface area contributed by atoms with Crippen LogP contribution < -0.4 is 10.3 Å². The minimum atomic E-state index is -0.513. The molecule has 1 fully saturated rings. The van der Waals surface area contributed by atoms with Gasteiger partial charge in [0.2, 0.25) is 0 Å². The molecule has 7 heteroatoms. The topological polar surface area (TPSA) is 57.9 Å². The maximum Gasteiger partial charge on any atom is 0.516 e. The summed E-state index contributed by atoms with van der Waals surface area (Å²) in [6.45, 7) is 8.06. The molecule has 3 heterocycles. The van der Waals surface area contributed by atoms with E-state index in [1.54, 1.807) is 13.3 Å². The van der Waals surface area contributed by atoms with Crippen molar-refractivity contribution in [1.29, 1.82) is 0 Å². The molecule has 0 aromatic carbocycles. The molecule has 6 nitrogen and oxygen atoms in total. The van der Waals surface area contributed by atoms with Crippen molar-refractivity contribution in [2.75, 3.05) is 7.11 Å². The Labute approximate surface area is 118 Å². The predicted molar refractivity (Wildman–Crippen MR) is 75.3 cm³/mol. The molecule has 1 aliphatic rings. The molecular formula is C13H18BN3O3. The first-order chi connectivity index (χ1) is 9.34. The molecular weight excluding hydrogens is 257 g/mol. The van der Waals surface area contributed by atoms with Crippen molar-refractivity contribution in [2.45, 2.75) is 38.9 Å². The summed E-state index contributed by atoms with van der Waals surface area (Å²) < 4.78 is 19.1. The number of aromatic nitrogens is 3. The third-order valence-electron chi connectivity index (χ3n) is 4.05. The molecule has 106 valence electrons. The Hall–Kier alpha value is -1.60. The van der Waals surface area contributed by atoms with Crippen molar-refractivity contribution in [3.05, 3.63) is 18.6 Å². The van der Waals surface area contributed by atoms with E-state index in [-0.39, 0.29) is 0 Å². The normalized spacial score (nSPS) is 20.6. The number of hydrogen-bond acceptors (Lipinski definition) is 5. The third-order valence-corrected chi connectivity index (χ3v) is 4.05. The Kier molecular flexibility index (Phi) is 2.81. The van der Waals surface area contributed by atoms with Crippen LogP contribution in [0.25, 0.3) is 5.65 Å². The van der Waals surface area contributed by atoms with Crippen molar-refractivity contribution >= 4 is 18.4 Å². The van der Waals surface area contributed by atoms with Crippen molar-refractivity contribution in [1.82, 2.24) is 14.4 Å². The van der Waals surface area contributed by atoms with Crippen LogP contribution in [-0.2, 0) is 9.31 Å². The van der Waals surface area contributed by atoms with Gasteiger partial charge in [-0.15, -0.1) is 0 Å². The van der Waals surface area contributed by atoms with E-state index in [0.29, 0.717) is 17.1 Å². The zero-order valence-electron chi connectivity index (χ0n) is 12.4. The largest absolute Gasteiger partial charge is 0.516 e. The van der Waals surface area contributed by atoms with Gasteiger partial charge in [0, 0.05) is 18.6 Å². The van der Waals surface area contributed by atoms with Gasteiger partial charge in [0.25, 0.3) is 5.88 Å². The van der Waals surface area contributed by atoms with Crippen LogP contribution in [-0.4, -0.2) is 39.8 Å². The van der Waals surface area contributed by atoms with Crippen LogP contribution in [0.2, 0.25) is 0 Å². The monoisotopic (exact) mass is 275 g/mol. The lowest BCUT2D eigenvalue weighted by molar-refractivity contribution is 0.00578. The lowest BCUT2D eigenvalue weighted by Gasteiger charge is -2.32. The molecule has 0 saturated carbocycles. The number of fused-ring (bicyclic) bond motifs is 1. The Bertz CT molecular complexity index is 637. The van der Waals surface area contributed by atoms with Crippen molar-refractivity contribution in [2.24, 2.45) is 0 Å². The van der Waals surface area contributed by atoms with Gasteiger partial charge < -0.3 is 18.4 Å². The second-order valence-corrected chi connectivity index (χ2v) is 5.92. The quantitative estimate of drug-likeness (QED) is 0.766. The lowest BCUT2D eigenvalue weighted by Crippen LogP contribution is -2.41. The van der Waals surface area contributed by atoms with Crippen molar-refractivity contribution < 1.29 is 14.0 Å². The summed E-state index contributed by atoms with van der Waals surface area (Å²) in [5.74, 6) is 0.460. The van der Waals surface area contributed by atoms with E-state index in [4.69, 9.17) is 14.0 Å². The van der Waals surface area contributed by atoms with Crippen LogP contribution in [0.1, 0.15) is 27.7 Å². The van der Waals surface area contributed by atoms with Crippen molar-refractivity contribution in [3.63, 3.8) is 0 Å². The number of nitrogens with zero attached hydrogens (tertiary/aromatic N) is 3. The Morgan fingerprint density at radius 1 is 1.20 bits per heavy atom. The summed E-state index contributed by atoms with van der Waals surface area (Å²) in [5, 5.41) is 0. The summed E-state index contributed by atoms with van der Waals surface area (Å²) in [7, 11) is 1.06. The highest BCUT2D eigenvalue weighted by Gasteiger charge is 2.52. The average molecular weight is 275 g/mol. The minimum absolute atomic E-state index is 0.392. The Balaban J connectivity index is 2.03. The van der Waals surface area contributed by atoms with Gasteiger partial charge in [0.1, 0.15) is 0 Å².